The summed E-state index contributed by atoms with van der Waals surface area (Å²) in [6.45, 7) is 27.1. The molecule has 7 aromatic carbocycles. The molecule has 0 radical (unpaired) electrons. The molecule has 0 N–H and O–H groups in total. The first-order valence-electron chi connectivity index (χ1n) is 24.9. The van der Waals surface area contributed by atoms with E-state index in [0.717, 1.165) is 67.3 Å². The molecular weight excluding hydrogens is 867 g/mol. The Hall–Kier alpha value is -7.57. The number of hydrogen-bond acceptors (Lipinski definition) is 3. The van der Waals surface area contributed by atoms with E-state index >= 15 is 0 Å². The lowest BCUT2D eigenvalue weighted by atomic mass is 9.80. The number of fused-ring (bicyclic) bond motifs is 3. The van der Waals surface area contributed by atoms with Crippen molar-refractivity contribution in [1.82, 2.24) is 19.2 Å². The van der Waals surface area contributed by atoms with Crippen LogP contribution in [0.5, 0.6) is 11.5 Å². The predicted molar refractivity (Wildman–Crippen MR) is 294 cm³/mol. The monoisotopic (exact) mass is 932 g/mol. The topological polar surface area (TPSA) is 48.8 Å². The van der Waals surface area contributed by atoms with Crippen molar-refractivity contribution >= 4 is 21.8 Å². The van der Waals surface area contributed by atoms with Gasteiger partial charge in [-0.1, -0.05) is 198 Å². The molecule has 6 nitrogen and oxygen atoms in total. The summed E-state index contributed by atoms with van der Waals surface area (Å²) in [6.07, 6.45) is 5.68. The number of rotatable bonds is 8. The van der Waals surface area contributed by atoms with Gasteiger partial charge in [0, 0.05) is 28.6 Å². The van der Waals surface area contributed by atoms with Gasteiger partial charge in [0.05, 0.1) is 22.4 Å². The first kappa shape index (κ1) is 47.1. The molecule has 356 valence electrons. The highest BCUT2D eigenvalue weighted by molar-refractivity contribution is 6.10. The predicted octanol–water partition coefficient (Wildman–Crippen LogP) is 16.4. The van der Waals surface area contributed by atoms with E-state index in [9.17, 15) is 0 Å². The molecule has 0 aliphatic rings. The fourth-order valence-corrected chi connectivity index (χ4v) is 9.39. The van der Waals surface area contributed by atoms with Crippen LogP contribution in [0.1, 0.15) is 105 Å². The molecule has 6 heteroatoms. The van der Waals surface area contributed by atoms with Crippen molar-refractivity contribution in [2.45, 2.75) is 105 Å². The van der Waals surface area contributed by atoms with E-state index in [0.29, 0.717) is 5.75 Å². The van der Waals surface area contributed by atoms with Crippen molar-refractivity contribution in [3.05, 3.63) is 205 Å². The van der Waals surface area contributed by atoms with Crippen LogP contribution in [-0.2, 0) is 21.7 Å². The summed E-state index contributed by atoms with van der Waals surface area (Å²) in [5.74, 6) is 3.06. The van der Waals surface area contributed by atoms with Crippen molar-refractivity contribution in [2.75, 3.05) is 0 Å². The van der Waals surface area contributed by atoms with Gasteiger partial charge in [-0.2, -0.15) is 4.68 Å². The number of pyridine rings is 1. The van der Waals surface area contributed by atoms with Gasteiger partial charge in [-0.15, -0.1) is 5.10 Å². The fraction of sp³-hybridized carbons (Fsp3) is 0.246. The fourth-order valence-electron chi connectivity index (χ4n) is 9.39. The standard InChI is InChI=1S/C65H65N5O/c1-62(2,3)46-27-29-54(44-22-17-14-18-23-44)57(38-46)61-67-69(51-36-48(64(7,8)9)35-49(37-51)65(10,11)12)42-68(61)50-24-19-25-52(40-50)71-53-28-30-55-56-34-45(43-20-15-13-16-21-43)26-31-58(56)70(59(55)41-53)60-39-47(32-33-66-60)63(4,5)6/h13-41H,1-12H3. The van der Waals surface area contributed by atoms with Gasteiger partial charge >= 0.3 is 0 Å². The quantitative estimate of drug-likeness (QED) is 0.113. The van der Waals surface area contributed by atoms with Crippen LogP contribution in [0, 0.1) is 6.33 Å². The Morgan fingerprint density at radius 2 is 1.08 bits per heavy atom. The Morgan fingerprint density at radius 1 is 0.451 bits per heavy atom. The molecule has 0 bridgehead atoms. The second-order valence-corrected chi connectivity index (χ2v) is 23.2. The van der Waals surface area contributed by atoms with Crippen LogP contribution in [0.2, 0.25) is 0 Å². The Labute approximate surface area is 420 Å². The normalized spacial score (nSPS) is 12.5. The molecule has 0 spiro atoms. The third-order valence-electron chi connectivity index (χ3n) is 13.7. The zero-order chi connectivity index (χ0) is 50.0. The van der Waals surface area contributed by atoms with Gasteiger partial charge in [0.1, 0.15) is 17.3 Å². The Kier molecular flexibility index (Phi) is 11.7. The SMILES string of the molecule is CC(C)(C)c1cc(-[n+]2[c-]n(-c3cccc(Oc4ccc5c6cc(-c7ccccc7)ccc6n(-c6cc(C(C)(C)C)ccn6)c5c4)c3)c(-c3cc(C(C)(C)C)ccc3-c3ccccc3)n2)cc(C(C)(C)C)c1. The molecule has 0 aliphatic heterocycles. The lowest BCUT2D eigenvalue weighted by molar-refractivity contribution is -0.660. The maximum absolute atomic E-state index is 6.92. The number of ether oxygens (including phenoxy) is 1. The highest BCUT2D eigenvalue weighted by Gasteiger charge is 2.26. The van der Waals surface area contributed by atoms with E-state index in [1.165, 1.54) is 33.4 Å². The Balaban J connectivity index is 1.14. The molecule has 0 amide bonds. The van der Waals surface area contributed by atoms with Crippen LogP contribution in [0.15, 0.2) is 176 Å². The summed E-state index contributed by atoms with van der Waals surface area (Å²) in [6, 6.07) is 60.6. The van der Waals surface area contributed by atoms with Crippen LogP contribution < -0.4 is 9.42 Å². The van der Waals surface area contributed by atoms with Gasteiger partial charge in [0.2, 0.25) is 0 Å². The minimum Gasteiger partial charge on any atom is -0.458 e. The van der Waals surface area contributed by atoms with E-state index < -0.39 is 0 Å². The summed E-state index contributed by atoms with van der Waals surface area (Å²) in [4.78, 5) is 4.98. The number of benzene rings is 7. The second-order valence-electron chi connectivity index (χ2n) is 23.2. The summed E-state index contributed by atoms with van der Waals surface area (Å²) in [5, 5.41) is 7.79. The van der Waals surface area contributed by atoms with Crippen molar-refractivity contribution in [2.24, 2.45) is 0 Å². The molecule has 0 saturated carbocycles. The van der Waals surface area contributed by atoms with Gasteiger partial charge in [-0.3, -0.25) is 9.13 Å². The minimum atomic E-state index is -0.0973. The summed E-state index contributed by atoms with van der Waals surface area (Å²) < 4.78 is 13.2. The van der Waals surface area contributed by atoms with Crippen LogP contribution >= 0.6 is 0 Å². The van der Waals surface area contributed by atoms with Crippen molar-refractivity contribution < 1.29 is 9.42 Å². The Bertz CT molecular complexity index is 3560. The minimum absolute atomic E-state index is 0.0493. The molecule has 10 aromatic rings. The van der Waals surface area contributed by atoms with Crippen LogP contribution in [0.25, 0.3) is 72.6 Å². The number of nitrogens with zero attached hydrogens (tertiary/aromatic N) is 5. The number of hydrogen-bond donors (Lipinski definition) is 0. The largest absolute Gasteiger partial charge is 0.458 e. The van der Waals surface area contributed by atoms with E-state index in [-0.39, 0.29) is 21.7 Å². The molecule has 3 heterocycles. The lowest BCUT2D eigenvalue weighted by Crippen LogP contribution is -2.34. The average molecular weight is 932 g/mol. The lowest BCUT2D eigenvalue weighted by Gasteiger charge is -2.26. The average Bonchev–Trinajstić information content (AvgIpc) is 3.93. The van der Waals surface area contributed by atoms with Gasteiger partial charge in [0.25, 0.3) is 6.33 Å². The second kappa shape index (κ2) is 17.7. The molecule has 0 aliphatic carbocycles. The molecule has 0 saturated heterocycles. The van der Waals surface area contributed by atoms with Crippen LogP contribution in [0.3, 0.4) is 0 Å². The van der Waals surface area contributed by atoms with Crippen LogP contribution in [0.4, 0.5) is 0 Å². The molecule has 0 atom stereocenters. The zero-order valence-corrected chi connectivity index (χ0v) is 43.4. The van der Waals surface area contributed by atoms with Gasteiger partial charge in [0.15, 0.2) is 5.82 Å². The Morgan fingerprint density at radius 3 is 1.75 bits per heavy atom. The van der Waals surface area contributed by atoms with Gasteiger partial charge in [-0.05, 0) is 115 Å². The first-order chi connectivity index (χ1) is 33.7. The molecule has 0 fully saturated rings. The van der Waals surface area contributed by atoms with E-state index in [1.54, 1.807) is 0 Å². The highest BCUT2D eigenvalue weighted by Crippen LogP contribution is 2.40. The van der Waals surface area contributed by atoms with Crippen molar-refractivity contribution in [3.8, 4) is 62.3 Å². The smallest absolute Gasteiger partial charge is 0.273 e. The maximum Gasteiger partial charge on any atom is 0.273 e. The van der Waals surface area contributed by atoms with Crippen LogP contribution in [-0.4, -0.2) is 19.2 Å². The third-order valence-corrected chi connectivity index (χ3v) is 13.7. The van der Waals surface area contributed by atoms with Gasteiger partial charge in [-0.25, -0.2) is 4.98 Å². The summed E-state index contributed by atoms with van der Waals surface area (Å²) in [7, 11) is 0. The van der Waals surface area contributed by atoms with E-state index in [4.69, 9.17) is 14.8 Å². The molecular formula is C65H65N5O. The van der Waals surface area contributed by atoms with Crippen molar-refractivity contribution in [3.63, 3.8) is 0 Å². The molecule has 3 aromatic heterocycles. The third kappa shape index (κ3) is 9.44. The first-order valence-corrected chi connectivity index (χ1v) is 24.9. The zero-order valence-electron chi connectivity index (χ0n) is 43.4. The van der Waals surface area contributed by atoms with Gasteiger partial charge < -0.3 is 4.74 Å². The maximum atomic E-state index is 6.92. The molecule has 10 rings (SSSR count). The van der Waals surface area contributed by atoms with E-state index in [1.807, 2.05) is 16.9 Å². The summed E-state index contributed by atoms with van der Waals surface area (Å²) >= 11 is 0. The highest BCUT2D eigenvalue weighted by atomic mass is 16.5. The van der Waals surface area contributed by atoms with Crippen molar-refractivity contribution in [1.29, 1.82) is 0 Å². The molecule has 0 unspecified atom stereocenters. The van der Waals surface area contributed by atoms with E-state index in [2.05, 4.69) is 262 Å². The molecule has 71 heavy (non-hydrogen) atoms. The number of aromatic nitrogens is 5. The summed E-state index contributed by atoms with van der Waals surface area (Å²) in [5.41, 5.74) is 14.2.